The topological polar surface area (TPSA) is 96.0 Å². The van der Waals surface area contributed by atoms with Gasteiger partial charge in [0, 0.05) is 12.1 Å². The molecule has 0 saturated carbocycles. The Balaban J connectivity index is 2.31. The molecule has 0 bridgehead atoms. The van der Waals surface area contributed by atoms with Crippen LogP contribution in [0.1, 0.15) is 12.0 Å². The minimum Gasteiger partial charge on any atom is -0.362 e. The molecule has 13 heteroatoms. The molecule has 142 valence electrons. The Morgan fingerprint density at radius 1 is 1.23 bits per heavy atom. The number of benzene rings is 1. The van der Waals surface area contributed by atoms with Crippen LogP contribution in [-0.4, -0.2) is 44.7 Å². The number of alkyl halides is 6. The van der Waals surface area contributed by atoms with Crippen LogP contribution in [0, 0.1) is 10.1 Å². The van der Waals surface area contributed by atoms with E-state index in [9.17, 15) is 46.4 Å². The van der Waals surface area contributed by atoms with Crippen LogP contribution in [0.4, 0.5) is 32.0 Å². The number of amides is 1. The summed E-state index contributed by atoms with van der Waals surface area (Å²) in [4.78, 5) is 21.8. The predicted octanol–water partition coefficient (Wildman–Crippen LogP) is 2.54. The summed E-state index contributed by atoms with van der Waals surface area (Å²) >= 11 is 0. The van der Waals surface area contributed by atoms with Crippen molar-refractivity contribution in [1.29, 1.82) is 0 Å². The van der Waals surface area contributed by atoms with Crippen molar-refractivity contribution in [3.05, 3.63) is 39.9 Å². The molecule has 2 rings (SSSR count). The average Bonchev–Trinajstić information content (AvgIpc) is 2.87. The first kappa shape index (κ1) is 19.6. The molecule has 0 aromatic heterocycles. The minimum absolute atomic E-state index is 0.0132. The summed E-state index contributed by atoms with van der Waals surface area (Å²) in [6, 6.07) is 4.03. The number of nitrogens with zero attached hydrogens (tertiary/aromatic N) is 3. The molecule has 1 aliphatic heterocycles. The first-order valence-corrected chi connectivity index (χ1v) is 6.76. The third-order valence-corrected chi connectivity index (χ3v) is 3.51. The number of hydrogen-bond acceptors (Lipinski definition) is 5. The highest BCUT2D eigenvalue weighted by Gasteiger charge is 2.65. The van der Waals surface area contributed by atoms with Gasteiger partial charge in [0.15, 0.2) is 0 Å². The van der Waals surface area contributed by atoms with E-state index in [0.29, 0.717) is 0 Å². The molecule has 1 aromatic rings. The van der Waals surface area contributed by atoms with Gasteiger partial charge in [0.1, 0.15) is 5.71 Å². The van der Waals surface area contributed by atoms with Crippen LogP contribution in [0.3, 0.4) is 0 Å². The lowest BCUT2D eigenvalue weighted by Gasteiger charge is -2.32. The maximum atomic E-state index is 13.0. The van der Waals surface area contributed by atoms with Gasteiger partial charge in [-0.2, -0.15) is 36.5 Å². The van der Waals surface area contributed by atoms with Gasteiger partial charge >= 0.3 is 12.4 Å². The highest BCUT2D eigenvalue weighted by molar-refractivity contribution is 5.94. The first-order valence-electron chi connectivity index (χ1n) is 6.76. The lowest BCUT2D eigenvalue weighted by molar-refractivity contribution is -0.384. The fourth-order valence-electron chi connectivity index (χ4n) is 2.17. The van der Waals surface area contributed by atoms with Gasteiger partial charge in [-0.25, -0.2) is 0 Å². The molecule has 0 radical (unpaired) electrons. The van der Waals surface area contributed by atoms with Gasteiger partial charge in [0.2, 0.25) is 5.91 Å². The normalized spacial score (nSPS) is 20.9. The van der Waals surface area contributed by atoms with Gasteiger partial charge < -0.3 is 5.11 Å². The van der Waals surface area contributed by atoms with Crippen molar-refractivity contribution in [3.63, 3.8) is 0 Å². The maximum Gasteiger partial charge on any atom is 0.438 e. The van der Waals surface area contributed by atoms with E-state index in [1.807, 2.05) is 0 Å². The monoisotopic (exact) mass is 385 g/mol. The molecular formula is C13H9F6N3O4. The van der Waals surface area contributed by atoms with E-state index in [1.54, 1.807) is 0 Å². The summed E-state index contributed by atoms with van der Waals surface area (Å²) in [5.74, 6) is -1.56. The standard InChI is InChI=1S/C13H9F6N3O4/c14-12(15,16)9-6-11(24,13(17,18)19)21(20-9)10(23)5-7-1-3-8(4-2-7)22(25)26/h1-4,24H,5-6H2/t11-/m0/s1. The number of carbonyl (C=O) groups is 1. The predicted molar refractivity (Wildman–Crippen MR) is 72.8 cm³/mol. The summed E-state index contributed by atoms with van der Waals surface area (Å²) in [5, 5.41) is 22.2. The maximum absolute atomic E-state index is 13.0. The largest absolute Gasteiger partial charge is 0.438 e. The van der Waals surface area contributed by atoms with Gasteiger partial charge in [-0.05, 0) is 5.56 Å². The lowest BCUT2D eigenvalue weighted by Crippen LogP contribution is -2.57. The molecule has 26 heavy (non-hydrogen) atoms. The zero-order valence-electron chi connectivity index (χ0n) is 12.5. The number of nitro benzene ring substituents is 1. The summed E-state index contributed by atoms with van der Waals surface area (Å²) < 4.78 is 77.1. The van der Waals surface area contributed by atoms with Crippen molar-refractivity contribution < 1.29 is 41.2 Å². The van der Waals surface area contributed by atoms with E-state index in [4.69, 9.17) is 0 Å². The van der Waals surface area contributed by atoms with E-state index in [1.165, 1.54) is 0 Å². The third kappa shape index (κ3) is 3.61. The molecule has 1 aromatic carbocycles. The van der Waals surface area contributed by atoms with Gasteiger partial charge in [-0.3, -0.25) is 14.9 Å². The molecule has 7 nitrogen and oxygen atoms in total. The number of aliphatic hydroxyl groups is 1. The quantitative estimate of drug-likeness (QED) is 0.491. The van der Waals surface area contributed by atoms with E-state index in [-0.39, 0.29) is 11.3 Å². The minimum atomic E-state index is -5.59. The SMILES string of the molecule is O=C(Cc1ccc([N+](=O)[O-])cc1)N1N=C(C(F)(F)F)C[C@]1(O)C(F)(F)F. The second kappa shape index (κ2) is 6.23. The zero-order valence-corrected chi connectivity index (χ0v) is 12.5. The van der Waals surface area contributed by atoms with Crippen molar-refractivity contribution >= 4 is 17.3 Å². The molecule has 1 aliphatic rings. The lowest BCUT2D eigenvalue weighted by atomic mass is 10.0. The highest BCUT2D eigenvalue weighted by Crippen LogP contribution is 2.43. The molecule has 1 amide bonds. The summed E-state index contributed by atoms with van der Waals surface area (Å²) in [6.07, 6.45) is -13.7. The van der Waals surface area contributed by atoms with Crippen LogP contribution in [0.5, 0.6) is 0 Å². The Labute approximate surface area is 140 Å². The molecule has 0 spiro atoms. The van der Waals surface area contributed by atoms with Crippen molar-refractivity contribution in [3.8, 4) is 0 Å². The number of rotatable bonds is 3. The third-order valence-electron chi connectivity index (χ3n) is 3.51. The molecular weight excluding hydrogens is 376 g/mol. The summed E-state index contributed by atoms with van der Waals surface area (Å²) in [6.45, 7) is 0. The zero-order chi connectivity index (χ0) is 19.9. The van der Waals surface area contributed by atoms with Gasteiger partial charge in [0.25, 0.3) is 11.4 Å². The van der Waals surface area contributed by atoms with E-state index in [0.717, 1.165) is 24.3 Å². The Hall–Kier alpha value is -2.70. The molecule has 0 unspecified atom stereocenters. The Bertz CT molecular complexity index is 759. The number of hydrazone groups is 1. The van der Waals surface area contributed by atoms with Gasteiger partial charge in [-0.15, -0.1) is 0 Å². The highest BCUT2D eigenvalue weighted by atomic mass is 19.4. The van der Waals surface area contributed by atoms with E-state index < -0.39 is 52.5 Å². The van der Waals surface area contributed by atoms with E-state index in [2.05, 4.69) is 5.10 Å². The second-order valence-corrected chi connectivity index (χ2v) is 5.34. The molecule has 1 atom stereocenters. The Morgan fingerprint density at radius 2 is 1.77 bits per heavy atom. The van der Waals surface area contributed by atoms with Crippen molar-refractivity contribution in [2.24, 2.45) is 5.10 Å². The Kier molecular flexibility index (Phi) is 4.70. The molecule has 1 heterocycles. The van der Waals surface area contributed by atoms with Crippen LogP contribution in [-0.2, 0) is 11.2 Å². The van der Waals surface area contributed by atoms with Gasteiger partial charge in [-0.1, -0.05) is 12.1 Å². The summed E-state index contributed by atoms with van der Waals surface area (Å²) in [7, 11) is 0. The van der Waals surface area contributed by atoms with Crippen molar-refractivity contribution in [1.82, 2.24) is 5.01 Å². The molecule has 0 aliphatic carbocycles. The number of halogens is 6. The smallest absolute Gasteiger partial charge is 0.362 e. The second-order valence-electron chi connectivity index (χ2n) is 5.34. The fourth-order valence-corrected chi connectivity index (χ4v) is 2.17. The average molecular weight is 385 g/mol. The molecule has 0 fully saturated rings. The van der Waals surface area contributed by atoms with Crippen LogP contribution in [0.25, 0.3) is 0 Å². The van der Waals surface area contributed by atoms with E-state index >= 15 is 0 Å². The first-order chi connectivity index (χ1) is 11.8. The number of carbonyl (C=O) groups excluding carboxylic acids is 1. The molecule has 1 N–H and O–H groups in total. The van der Waals surface area contributed by atoms with Crippen LogP contribution < -0.4 is 0 Å². The van der Waals surface area contributed by atoms with Crippen LogP contribution >= 0.6 is 0 Å². The van der Waals surface area contributed by atoms with Crippen LogP contribution in [0.15, 0.2) is 29.4 Å². The van der Waals surface area contributed by atoms with Crippen LogP contribution in [0.2, 0.25) is 0 Å². The van der Waals surface area contributed by atoms with Crippen molar-refractivity contribution in [2.75, 3.05) is 0 Å². The Morgan fingerprint density at radius 3 is 2.19 bits per heavy atom. The summed E-state index contributed by atoms with van der Waals surface area (Å²) in [5.41, 5.74) is -6.45. The number of non-ortho nitro benzene ring substituents is 1. The van der Waals surface area contributed by atoms with Gasteiger partial charge in [0.05, 0.1) is 17.8 Å². The molecule has 0 saturated heterocycles. The fraction of sp³-hybridized carbons (Fsp3) is 0.385. The number of hydrogen-bond donors (Lipinski definition) is 1. The van der Waals surface area contributed by atoms with Crippen molar-refractivity contribution in [2.45, 2.75) is 30.9 Å². The number of nitro groups is 1.